The molecular weight excluding hydrogens is 236 g/mol. The number of hydrogen-bond acceptors (Lipinski definition) is 3. The fourth-order valence-corrected chi connectivity index (χ4v) is 2.12. The molecule has 1 atom stereocenters. The number of β-amino-alcohol motifs (C(OH)–C–C–N with tert-alkyl or cyclic N) is 1. The van der Waals surface area contributed by atoms with E-state index in [1.54, 1.807) is 0 Å². The van der Waals surface area contributed by atoms with Gasteiger partial charge in [-0.15, -0.1) is 0 Å². The van der Waals surface area contributed by atoms with Crippen molar-refractivity contribution in [1.29, 1.82) is 0 Å². The average molecular weight is 262 g/mol. The summed E-state index contributed by atoms with van der Waals surface area (Å²) in [4.78, 5) is 4.61. The third-order valence-corrected chi connectivity index (χ3v) is 3.71. The van der Waals surface area contributed by atoms with Gasteiger partial charge in [-0.2, -0.15) is 0 Å². The molecule has 1 aromatic rings. The first-order valence-corrected chi connectivity index (χ1v) is 7.16. The maximum absolute atomic E-state index is 10.2. The minimum Gasteiger partial charge on any atom is -0.385 e. The van der Waals surface area contributed by atoms with Crippen molar-refractivity contribution in [2.24, 2.45) is 5.41 Å². The molecule has 1 aliphatic rings. The van der Waals surface area contributed by atoms with Gasteiger partial charge in [0.15, 0.2) is 0 Å². The minimum atomic E-state index is -0.536. The number of nitrogens with one attached hydrogen (secondary N) is 1. The van der Waals surface area contributed by atoms with Crippen LogP contribution in [0.25, 0.3) is 0 Å². The fraction of sp³-hybridized carbons (Fsp3) is 0.688. The molecule has 2 N–H and O–H groups in total. The number of pyridine rings is 1. The van der Waals surface area contributed by atoms with Gasteiger partial charge in [0, 0.05) is 17.8 Å². The van der Waals surface area contributed by atoms with Gasteiger partial charge in [-0.3, -0.25) is 4.98 Å². The summed E-state index contributed by atoms with van der Waals surface area (Å²) in [5, 5.41) is 13.5. The van der Waals surface area contributed by atoms with Gasteiger partial charge in [0.2, 0.25) is 0 Å². The quantitative estimate of drug-likeness (QED) is 0.857. The number of aromatic nitrogens is 1. The van der Waals surface area contributed by atoms with Crippen LogP contribution in [0, 0.1) is 5.41 Å². The van der Waals surface area contributed by atoms with E-state index in [4.69, 9.17) is 0 Å². The predicted octanol–water partition coefficient (Wildman–Crippen LogP) is 2.85. The van der Waals surface area contributed by atoms with Crippen molar-refractivity contribution in [3.05, 3.63) is 29.6 Å². The second kappa shape index (κ2) is 5.22. The molecule has 1 fully saturated rings. The summed E-state index contributed by atoms with van der Waals surface area (Å²) in [7, 11) is 0. The van der Waals surface area contributed by atoms with E-state index in [2.05, 4.69) is 44.1 Å². The van der Waals surface area contributed by atoms with E-state index in [9.17, 15) is 5.11 Å². The van der Waals surface area contributed by atoms with E-state index in [-0.39, 0.29) is 5.54 Å². The van der Waals surface area contributed by atoms with Gasteiger partial charge in [-0.05, 0) is 57.6 Å². The van der Waals surface area contributed by atoms with Gasteiger partial charge in [0.05, 0.1) is 5.69 Å². The third kappa shape index (κ3) is 4.59. The van der Waals surface area contributed by atoms with E-state index in [0.717, 1.165) is 17.8 Å². The standard InChI is InChI=1S/C16H26N2O/c1-15(2,3)17-11-14(19)13-7-5-6-12(18-13)10-16(4)8-9-16/h5-7,14,17,19H,8-11H2,1-4H3/t14-/m0/s1. The van der Waals surface area contributed by atoms with E-state index < -0.39 is 6.10 Å². The third-order valence-electron chi connectivity index (χ3n) is 3.71. The molecule has 0 unspecified atom stereocenters. The van der Waals surface area contributed by atoms with Crippen molar-refractivity contribution in [2.45, 2.75) is 58.6 Å². The molecule has 0 aromatic carbocycles. The topological polar surface area (TPSA) is 45.1 Å². The number of hydrogen-bond donors (Lipinski definition) is 2. The number of aliphatic hydroxyl groups is 1. The van der Waals surface area contributed by atoms with Crippen LogP contribution in [0.15, 0.2) is 18.2 Å². The second-order valence-corrected chi connectivity index (χ2v) is 7.19. The number of aliphatic hydroxyl groups excluding tert-OH is 1. The summed E-state index contributed by atoms with van der Waals surface area (Å²) in [5.41, 5.74) is 2.35. The molecule has 0 aliphatic heterocycles. The zero-order valence-electron chi connectivity index (χ0n) is 12.5. The Morgan fingerprint density at radius 3 is 2.63 bits per heavy atom. The van der Waals surface area contributed by atoms with Crippen LogP contribution in [0.1, 0.15) is 58.0 Å². The molecule has 106 valence electrons. The van der Waals surface area contributed by atoms with E-state index in [1.165, 1.54) is 12.8 Å². The Balaban J connectivity index is 1.97. The Morgan fingerprint density at radius 1 is 1.37 bits per heavy atom. The lowest BCUT2D eigenvalue weighted by Gasteiger charge is -2.23. The molecule has 3 heteroatoms. The van der Waals surface area contributed by atoms with Crippen LogP contribution in [0.2, 0.25) is 0 Å². The van der Waals surface area contributed by atoms with Gasteiger partial charge in [0.1, 0.15) is 6.10 Å². The molecule has 3 nitrogen and oxygen atoms in total. The van der Waals surface area contributed by atoms with E-state index in [0.29, 0.717) is 12.0 Å². The highest BCUT2D eigenvalue weighted by Crippen LogP contribution is 2.47. The molecular formula is C16H26N2O. The maximum atomic E-state index is 10.2. The smallest absolute Gasteiger partial charge is 0.108 e. The number of nitrogens with zero attached hydrogens (tertiary/aromatic N) is 1. The van der Waals surface area contributed by atoms with Gasteiger partial charge >= 0.3 is 0 Å². The Bertz CT molecular complexity index is 433. The lowest BCUT2D eigenvalue weighted by atomic mass is 10.0. The molecule has 1 aromatic heterocycles. The van der Waals surface area contributed by atoms with Crippen molar-refractivity contribution < 1.29 is 5.11 Å². The van der Waals surface area contributed by atoms with Crippen LogP contribution in [-0.2, 0) is 6.42 Å². The highest BCUT2D eigenvalue weighted by atomic mass is 16.3. The van der Waals surface area contributed by atoms with Crippen molar-refractivity contribution in [3.63, 3.8) is 0 Å². The molecule has 1 saturated carbocycles. The Kier molecular flexibility index (Phi) is 3.98. The molecule has 1 heterocycles. The van der Waals surface area contributed by atoms with Crippen LogP contribution in [0.3, 0.4) is 0 Å². The lowest BCUT2D eigenvalue weighted by molar-refractivity contribution is 0.158. The Hall–Kier alpha value is -0.930. The second-order valence-electron chi connectivity index (χ2n) is 7.19. The summed E-state index contributed by atoms with van der Waals surface area (Å²) < 4.78 is 0. The minimum absolute atomic E-state index is 0.0140. The SMILES string of the molecule is CC1(Cc2cccc([C@@H](O)CNC(C)(C)C)n2)CC1. The molecule has 0 bridgehead atoms. The zero-order chi connectivity index (χ0) is 14.1. The van der Waals surface area contributed by atoms with Crippen LogP contribution in [0.5, 0.6) is 0 Å². The molecule has 0 saturated heterocycles. The predicted molar refractivity (Wildman–Crippen MR) is 78.0 cm³/mol. The lowest BCUT2D eigenvalue weighted by Crippen LogP contribution is -2.38. The first kappa shape index (κ1) is 14.5. The monoisotopic (exact) mass is 262 g/mol. The van der Waals surface area contributed by atoms with Gasteiger partial charge in [-0.25, -0.2) is 0 Å². The largest absolute Gasteiger partial charge is 0.385 e. The zero-order valence-corrected chi connectivity index (χ0v) is 12.5. The summed E-state index contributed by atoms with van der Waals surface area (Å²) >= 11 is 0. The molecule has 1 aliphatic carbocycles. The average Bonchev–Trinajstić information content (AvgIpc) is 3.03. The van der Waals surface area contributed by atoms with E-state index in [1.807, 2.05) is 12.1 Å². The summed E-state index contributed by atoms with van der Waals surface area (Å²) in [6.07, 6.45) is 3.09. The van der Waals surface area contributed by atoms with Crippen LogP contribution in [0.4, 0.5) is 0 Å². The molecule has 0 amide bonds. The molecule has 0 spiro atoms. The van der Waals surface area contributed by atoms with Crippen molar-refractivity contribution in [3.8, 4) is 0 Å². The normalized spacial score (nSPS) is 19.2. The van der Waals surface area contributed by atoms with Crippen molar-refractivity contribution in [1.82, 2.24) is 10.3 Å². The van der Waals surface area contributed by atoms with Gasteiger partial charge < -0.3 is 10.4 Å². The van der Waals surface area contributed by atoms with Gasteiger partial charge in [0.25, 0.3) is 0 Å². The van der Waals surface area contributed by atoms with Crippen LogP contribution in [-0.4, -0.2) is 22.2 Å². The first-order chi connectivity index (χ1) is 8.77. The highest BCUT2D eigenvalue weighted by molar-refractivity contribution is 5.16. The summed E-state index contributed by atoms with van der Waals surface area (Å²) in [5.74, 6) is 0. The van der Waals surface area contributed by atoms with Crippen LogP contribution >= 0.6 is 0 Å². The summed E-state index contributed by atoms with van der Waals surface area (Å²) in [6.45, 7) is 9.13. The highest BCUT2D eigenvalue weighted by Gasteiger charge is 2.37. The number of rotatable bonds is 5. The van der Waals surface area contributed by atoms with Crippen molar-refractivity contribution >= 4 is 0 Å². The summed E-state index contributed by atoms with van der Waals surface area (Å²) in [6, 6.07) is 5.98. The van der Waals surface area contributed by atoms with Gasteiger partial charge in [-0.1, -0.05) is 13.0 Å². The first-order valence-electron chi connectivity index (χ1n) is 7.16. The van der Waals surface area contributed by atoms with E-state index >= 15 is 0 Å². The molecule has 0 radical (unpaired) electrons. The fourth-order valence-electron chi connectivity index (χ4n) is 2.12. The van der Waals surface area contributed by atoms with Crippen molar-refractivity contribution in [2.75, 3.05) is 6.54 Å². The molecule has 2 rings (SSSR count). The Morgan fingerprint density at radius 2 is 2.05 bits per heavy atom. The van der Waals surface area contributed by atoms with Crippen LogP contribution < -0.4 is 5.32 Å². The Labute approximate surface area is 116 Å². The maximum Gasteiger partial charge on any atom is 0.108 e. The molecule has 19 heavy (non-hydrogen) atoms.